The van der Waals surface area contributed by atoms with Gasteiger partial charge in [-0.15, -0.1) is 0 Å². The maximum Gasteiger partial charge on any atom is 0.226 e. The predicted molar refractivity (Wildman–Crippen MR) is 89.9 cm³/mol. The highest BCUT2D eigenvalue weighted by atomic mass is 16.1. The number of nitrogens with one attached hydrogen (secondary N) is 1. The van der Waals surface area contributed by atoms with Gasteiger partial charge < -0.3 is 5.32 Å². The summed E-state index contributed by atoms with van der Waals surface area (Å²) < 4.78 is 1.62. The summed E-state index contributed by atoms with van der Waals surface area (Å²) in [6.45, 7) is 0.491. The fourth-order valence-electron chi connectivity index (χ4n) is 2.04. The molecule has 0 aliphatic rings. The van der Waals surface area contributed by atoms with Gasteiger partial charge in [0.05, 0.1) is 6.54 Å². The molecule has 6 heteroatoms. The lowest BCUT2D eigenvalue weighted by atomic mass is 10.2. The van der Waals surface area contributed by atoms with Crippen molar-refractivity contribution in [1.29, 1.82) is 0 Å². The zero-order chi connectivity index (χ0) is 16.6. The molecule has 0 unspecified atom stereocenters. The number of hydrogen-bond acceptors (Lipinski definition) is 4. The number of carbonyl (C=O) groups is 1. The van der Waals surface area contributed by atoms with Crippen LogP contribution >= 0.6 is 0 Å². The molecule has 1 amide bonds. The van der Waals surface area contributed by atoms with Crippen molar-refractivity contribution in [2.75, 3.05) is 5.32 Å². The van der Waals surface area contributed by atoms with Crippen LogP contribution in [0.1, 0.15) is 17.7 Å². The summed E-state index contributed by atoms with van der Waals surface area (Å²) in [6, 6.07) is 13.0. The Balaban J connectivity index is 1.61. The highest BCUT2D eigenvalue weighted by Crippen LogP contribution is 2.10. The Morgan fingerprint density at radius 3 is 2.92 bits per heavy atom. The summed E-state index contributed by atoms with van der Waals surface area (Å²) in [6.07, 6.45) is 5.06. The van der Waals surface area contributed by atoms with Crippen molar-refractivity contribution in [1.82, 2.24) is 19.7 Å². The van der Waals surface area contributed by atoms with Gasteiger partial charge in [-0.1, -0.05) is 18.1 Å². The minimum atomic E-state index is -0.0830. The molecule has 0 bridgehead atoms. The molecule has 0 fully saturated rings. The Kier molecular flexibility index (Phi) is 4.95. The number of aryl methyl sites for hydroxylation is 1. The van der Waals surface area contributed by atoms with Crippen LogP contribution in [0, 0.1) is 11.8 Å². The number of hydrogen-bond donors (Lipinski definition) is 1. The topological polar surface area (TPSA) is 72.7 Å². The molecule has 0 aliphatic carbocycles. The Morgan fingerprint density at radius 2 is 2.12 bits per heavy atom. The van der Waals surface area contributed by atoms with E-state index in [2.05, 4.69) is 32.2 Å². The summed E-state index contributed by atoms with van der Waals surface area (Å²) in [4.78, 5) is 20.0. The summed E-state index contributed by atoms with van der Waals surface area (Å²) in [5.74, 6) is 5.95. The predicted octanol–water partition coefficient (Wildman–Crippen LogP) is 2.10. The van der Waals surface area contributed by atoms with Crippen molar-refractivity contribution in [3.63, 3.8) is 0 Å². The molecule has 118 valence electrons. The van der Waals surface area contributed by atoms with Crippen LogP contribution in [-0.2, 0) is 11.3 Å². The fourth-order valence-corrected chi connectivity index (χ4v) is 2.04. The van der Waals surface area contributed by atoms with E-state index in [4.69, 9.17) is 0 Å². The third-order valence-corrected chi connectivity index (χ3v) is 3.18. The largest absolute Gasteiger partial charge is 0.326 e. The van der Waals surface area contributed by atoms with E-state index in [-0.39, 0.29) is 5.91 Å². The number of amides is 1. The lowest BCUT2D eigenvalue weighted by Gasteiger charge is -2.05. The standard InChI is InChI=1S/C18H15N5O/c24-18(9-11-23-14-19-13-21-23)22-17-6-3-4-15(12-17)7-8-16-5-1-2-10-20-16/h1-6,10,12-14H,9,11H2,(H,22,24). The zero-order valence-corrected chi connectivity index (χ0v) is 12.9. The Labute approximate surface area is 139 Å². The first-order valence-electron chi connectivity index (χ1n) is 7.45. The molecule has 0 aliphatic heterocycles. The number of anilines is 1. The number of aromatic nitrogens is 4. The molecule has 0 saturated carbocycles. The van der Waals surface area contributed by atoms with Gasteiger partial charge in [0.2, 0.25) is 5.91 Å². The average molecular weight is 317 g/mol. The van der Waals surface area contributed by atoms with E-state index >= 15 is 0 Å². The number of rotatable bonds is 4. The average Bonchev–Trinajstić information content (AvgIpc) is 3.13. The molecule has 3 aromatic rings. The Bertz CT molecular complexity index is 863. The molecule has 0 atom stereocenters. The molecule has 1 N–H and O–H groups in total. The summed E-state index contributed by atoms with van der Waals surface area (Å²) in [7, 11) is 0. The molecular formula is C18H15N5O. The molecule has 1 aromatic carbocycles. The maximum atomic E-state index is 12.0. The van der Waals surface area contributed by atoms with Crippen LogP contribution in [-0.4, -0.2) is 25.7 Å². The first-order valence-corrected chi connectivity index (χ1v) is 7.45. The van der Waals surface area contributed by atoms with Gasteiger partial charge in [0.15, 0.2) is 0 Å². The Morgan fingerprint density at radius 1 is 1.17 bits per heavy atom. The van der Waals surface area contributed by atoms with Crippen molar-refractivity contribution in [2.45, 2.75) is 13.0 Å². The smallest absolute Gasteiger partial charge is 0.226 e. The molecule has 0 spiro atoms. The van der Waals surface area contributed by atoms with E-state index < -0.39 is 0 Å². The number of pyridine rings is 1. The second-order valence-corrected chi connectivity index (χ2v) is 5.00. The zero-order valence-electron chi connectivity index (χ0n) is 12.9. The van der Waals surface area contributed by atoms with Crippen LogP contribution in [0.4, 0.5) is 5.69 Å². The summed E-state index contributed by atoms with van der Waals surface area (Å²) in [5, 5.41) is 6.82. The first kappa shape index (κ1) is 15.4. The lowest BCUT2D eigenvalue weighted by Crippen LogP contribution is -2.14. The quantitative estimate of drug-likeness (QED) is 0.748. The van der Waals surface area contributed by atoms with E-state index in [9.17, 15) is 4.79 Å². The summed E-state index contributed by atoms with van der Waals surface area (Å²) in [5.41, 5.74) is 2.24. The van der Waals surface area contributed by atoms with E-state index in [1.165, 1.54) is 6.33 Å². The number of carbonyl (C=O) groups excluding carboxylic acids is 1. The molecule has 2 aromatic heterocycles. The van der Waals surface area contributed by atoms with Crippen molar-refractivity contribution in [3.05, 3.63) is 72.6 Å². The third kappa shape index (κ3) is 4.52. The van der Waals surface area contributed by atoms with Gasteiger partial charge in [-0.05, 0) is 36.3 Å². The first-order chi connectivity index (χ1) is 11.8. The molecule has 24 heavy (non-hydrogen) atoms. The minimum absolute atomic E-state index is 0.0830. The van der Waals surface area contributed by atoms with Gasteiger partial charge in [0.25, 0.3) is 0 Å². The maximum absolute atomic E-state index is 12.0. The SMILES string of the molecule is O=C(CCn1cncn1)Nc1cccc(C#Cc2ccccn2)c1. The molecule has 3 rings (SSSR count). The minimum Gasteiger partial charge on any atom is -0.326 e. The van der Waals surface area contributed by atoms with Crippen molar-refractivity contribution in [2.24, 2.45) is 0 Å². The molecule has 0 saturated heterocycles. The highest BCUT2D eigenvalue weighted by Gasteiger charge is 2.03. The van der Waals surface area contributed by atoms with E-state index in [1.54, 1.807) is 17.2 Å². The third-order valence-electron chi connectivity index (χ3n) is 3.18. The molecule has 6 nitrogen and oxygen atoms in total. The van der Waals surface area contributed by atoms with Gasteiger partial charge in [-0.2, -0.15) is 5.10 Å². The van der Waals surface area contributed by atoms with Crippen molar-refractivity contribution < 1.29 is 4.79 Å². The number of nitrogens with zero attached hydrogens (tertiary/aromatic N) is 4. The van der Waals surface area contributed by atoms with Crippen LogP contribution < -0.4 is 5.32 Å². The Hall–Kier alpha value is -3.46. The second kappa shape index (κ2) is 7.70. The van der Waals surface area contributed by atoms with E-state index in [0.29, 0.717) is 24.3 Å². The van der Waals surface area contributed by atoms with Crippen LogP contribution in [0.15, 0.2) is 61.3 Å². The second-order valence-electron chi connectivity index (χ2n) is 5.00. The summed E-state index contributed by atoms with van der Waals surface area (Å²) >= 11 is 0. The fraction of sp³-hybridized carbons (Fsp3) is 0.111. The van der Waals surface area contributed by atoms with Crippen molar-refractivity contribution >= 4 is 11.6 Å². The van der Waals surface area contributed by atoms with E-state index in [0.717, 1.165) is 5.56 Å². The van der Waals surface area contributed by atoms with Crippen LogP contribution in [0.3, 0.4) is 0 Å². The van der Waals surface area contributed by atoms with Gasteiger partial charge in [-0.25, -0.2) is 9.97 Å². The molecular weight excluding hydrogens is 302 g/mol. The van der Waals surface area contributed by atoms with Crippen molar-refractivity contribution in [3.8, 4) is 11.8 Å². The van der Waals surface area contributed by atoms with Crippen LogP contribution in [0.2, 0.25) is 0 Å². The van der Waals surface area contributed by atoms with Crippen LogP contribution in [0.5, 0.6) is 0 Å². The lowest BCUT2D eigenvalue weighted by molar-refractivity contribution is -0.116. The van der Waals surface area contributed by atoms with Crippen LogP contribution in [0.25, 0.3) is 0 Å². The van der Waals surface area contributed by atoms with Gasteiger partial charge >= 0.3 is 0 Å². The number of benzene rings is 1. The normalized spacial score (nSPS) is 9.83. The highest BCUT2D eigenvalue weighted by molar-refractivity contribution is 5.90. The van der Waals surface area contributed by atoms with Gasteiger partial charge in [-0.3, -0.25) is 9.48 Å². The molecule has 0 radical (unpaired) electrons. The van der Waals surface area contributed by atoms with Gasteiger partial charge in [0.1, 0.15) is 18.3 Å². The van der Waals surface area contributed by atoms with Gasteiger partial charge in [0, 0.05) is 23.9 Å². The molecule has 2 heterocycles. The monoisotopic (exact) mass is 317 g/mol. The van der Waals surface area contributed by atoms with E-state index in [1.807, 2.05) is 42.5 Å².